The molecule has 4 rings (SSSR count). The molecule has 2 N–H and O–H groups in total. The normalized spacial score (nSPS) is 19.0. The second-order valence-corrected chi connectivity index (χ2v) is 7.56. The van der Waals surface area contributed by atoms with E-state index in [1.54, 1.807) is 9.80 Å². The lowest BCUT2D eigenvalue weighted by Gasteiger charge is -2.28. The summed E-state index contributed by atoms with van der Waals surface area (Å²) in [6.45, 7) is 3.06. The number of carbonyl (C=O) groups is 1. The van der Waals surface area contributed by atoms with Gasteiger partial charge in [-0.1, -0.05) is 6.92 Å². The summed E-state index contributed by atoms with van der Waals surface area (Å²) >= 11 is 0. The van der Waals surface area contributed by atoms with Crippen LogP contribution in [0.3, 0.4) is 0 Å². The van der Waals surface area contributed by atoms with E-state index < -0.39 is 0 Å². The van der Waals surface area contributed by atoms with E-state index in [4.69, 9.17) is 0 Å². The fourth-order valence-corrected chi connectivity index (χ4v) is 3.81. The maximum atomic E-state index is 13.1. The molecule has 26 heavy (non-hydrogen) atoms. The molecule has 0 aromatic carbocycles. The summed E-state index contributed by atoms with van der Waals surface area (Å²) in [5, 5.41) is 7.36. The van der Waals surface area contributed by atoms with Crippen LogP contribution < -0.4 is 10.5 Å². The van der Waals surface area contributed by atoms with Gasteiger partial charge in [-0.25, -0.2) is 4.98 Å². The molecule has 8 heteroatoms. The lowest BCUT2D eigenvalue weighted by atomic mass is 9.87. The van der Waals surface area contributed by atoms with E-state index >= 15 is 0 Å². The topological polar surface area (TPSA) is 98.0 Å². The highest BCUT2D eigenvalue weighted by Gasteiger charge is 2.30. The molecule has 2 aliphatic rings. The van der Waals surface area contributed by atoms with Gasteiger partial charge < -0.3 is 9.80 Å². The Bertz CT molecular complexity index is 913. The number of H-pyrrole nitrogens is 2. The van der Waals surface area contributed by atoms with Crippen molar-refractivity contribution < 1.29 is 4.79 Å². The number of hydrogen-bond donors (Lipinski definition) is 2. The van der Waals surface area contributed by atoms with Crippen molar-refractivity contribution in [3.8, 4) is 0 Å². The highest BCUT2D eigenvalue weighted by atomic mass is 16.2. The molecule has 1 aliphatic heterocycles. The fraction of sp³-hybridized carbons (Fsp3) is 0.556. The first-order valence-corrected chi connectivity index (χ1v) is 9.08. The Hall–Kier alpha value is -2.64. The van der Waals surface area contributed by atoms with Crippen molar-refractivity contribution in [3.05, 3.63) is 38.6 Å². The van der Waals surface area contributed by atoms with Gasteiger partial charge in [-0.05, 0) is 31.6 Å². The lowest BCUT2D eigenvalue weighted by molar-refractivity contribution is 0.0724. The minimum absolute atomic E-state index is 0.0734. The summed E-state index contributed by atoms with van der Waals surface area (Å²) < 4.78 is 0. The SMILES string of the molecule is C[C@@H]1CCc2[nH]nc(C(=O)N3CCc4c(nc(N(C)C)[nH]c4=O)C3)c2C1. The number of nitrogens with zero attached hydrogens (tertiary/aromatic N) is 4. The van der Waals surface area contributed by atoms with Crippen molar-refractivity contribution in [2.75, 3.05) is 25.5 Å². The number of aryl methyl sites for hydroxylation is 1. The van der Waals surface area contributed by atoms with Gasteiger partial charge in [0.1, 0.15) is 0 Å². The number of aromatic amines is 2. The molecule has 1 amide bonds. The number of amides is 1. The molecule has 1 atom stereocenters. The third kappa shape index (κ3) is 2.79. The molecule has 0 unspecified atom stereocenters. The lowest BCUT2D eigenvalue weighted by Crippen LogP contribution is -2.40. The van der Waals surface area contributed by atoms with Gasteiger partial charge in [0.15, 0.2) is 5.69 Å². The first kappa shape index (κ1) is 16.8. The summed E-state index contributed by atoms with van der Waals surface area (Å²) in [5.74, 6) is 1.00. The molecule has 0 bridgehead atoms. The second kappa shape index (κ2) is 6.26. The van der Waals surface area contributed by atoms with Gasteiger partial charge in [-0.15, -0.1) is 0 Å². The van der Waals surface area contributed by atoms with E-state index in [2.05, 4.69) is 27.1 Å². The van der Waals surface area contributed by atoms with E-state index in [9.17, 15) is 9.59 Å². The summed E-state index contributed by atoms with van der Waals surface area (Å²) in [6.07, 6.45) is 3.48. The molecule has 0 saturated carbocycles. The molecule has 2 aromatic rings. The molecule has 8 nitrogen and oxygen atoms in total. The Kier molecular flexibility index (Phi) is 4.05. The smallest absolute Gasteiger partial charge is 0.275 e. The van der Waals surface area contributed by atoms with Crippen molar-refractivity contribution in [1.82, 2.24) is 25.1 Å². The van der Waals surface area contributed by atoms with Crippen LogP contribution in [0.1, 0.15) is 46.3 Å². The Balaban J connectivity index is 1.62. The van der Waals surface area contributed by atoms with Gasteiger partial charge in [0.2, 0.25) is 5.95 Å². The highest BCUT2D eigenvalue weighted by Crippen LogP contribution is 2.27. The van der Waals surface area contributed by atoms with Gasteiger partial charge in [-0.2, -0.15) is 5.10 Å². The van der Waals surface area contributed by atoms with Crippen molar-refractivity contribution in [3.63, 3.8) is 0 Å². The van der Waals surface area contributed by atoms with Crippen LogP contribution in [0.25, 0.3) is 0 Å². The number of hydrogen-bond acceptors (Lipinski definition) is 5. The number of fused-ring (bicyclic) bond motifs is 2. The molecule has 0 spiro atoms. The zero-order chi connectivity index (χ0) is 18.4. The van der Waals surface area contributed by atoms with Crippen LogP contribution in [0.4, 0.5) is 5.95 Å². The molecule has 0 fully saturated rings. The third-order valence-corrected chi connectivity index (χ3v) is 5.37. The largest absolute Gasteiger partial charge is 0.348 e. The number of carbonyl (C=O) groups excluding carboxylic acids is 1. The highest BCUT2D eigenvalue weighted by molar-refractivity contribution is 5.94. The third-order valence-electron chi connectivity index (χ3n) is 5.37. The first-order chi connectivity index (χ1) is 12.4. The molecule has 0 saturated heterocycles. The predicted octanol–water partition coefficient (Wildman–Crippen LogP) is 0.882. The maximum Gasteiger partial charge on any atom is 0.275 e. The second-order valence-electron chi connectivity index (χ2n) is 7.56. The van der Waals surface area contributed by atoms with Crippen LogP contribution in [0, 0.1) is 5.92 Å². The summed E-state index contributed by atoms with van der Waals surface area (Å²) in [7, 11) is 3.65. The minimum atomic E-state index is -0.114. The van der Waals surface area contributed by atoms with Crippen LogP contribution in [-0.2, 0) is 25.8 Å². The number of rotatable bonds is 2. The summed E-state index contributed by atoms with van der Waals surface area (Å²) in [4.78, 5) is 36.2. The van der Waals surface area contributed by atoms with Crippen LogP contribution in [0.2, 0.25) is 0 Å². The van der Waals surface area contributed by atoms with E-state index in [0.717, 1.165) is 30.5 Å². The predicted molar refractivity (Wildman–Crippen MR) is 97.4 cm³/mol. The van der Waals surface area contributed by atoms with Crippen LogP contribution in [-0.4, -0.2) is 51.6 Å². The maximum absolute atomic E-state index is 13.1. The summed E-state index contributed by atoms with van der Waals surface area (Å²) in [6, 6.07) is 0. The monoisotopic (exact) mass is 356 g/mol. The Morgan fingerprint density at radius 2 is 2.08 bits per heavy atom. The van der Waals surface area contributed by atoms with Gasteiger partial charge in [0.05, 0.1) is 12.2 Å². The number of aromatic nitrogens is 4. The van der Waals surface area contributed by atoms with E-state index in [0.29, 0.717) is 48.3 Å². The van der Waals surface area contributed by atoms with Crippen molar-refractivity contribution >= 4 is 11.9 Å². The number of anilines is 1. The van der Waals surface area contributed by atoms with Gasteiger partial charge in [0.25, 0.3) is 11.5 Å². The van der Waals surface area contributed by atoms with Crippen LogP contribution >= 0.6 is 0 Å². The average molecular weight is 356 g/mol. The van der Waals surface area contributed by atoms with E-state index in [-0.39, 0.29) is 11.5 Å². The van der Waals surface area contributed by atoms with Crippen molar-refractivity contribution in [2.24, 2.45) is 5.92 Å². The summed E-state index contributed by atoms with van der Waals surface area (Å²) in [5.41, 5.74) is 3.93. The molecule has 1 aliphatic carbocycles. The van der Waals surface area contributed by atoms with Gasteiger partial charge in [-0.3, -0.25) is 19.7 Å². The molecule has 3 heterocycles. The van der Waals surface area contributed by atoms with Crippen LogP contribution in [0.5, 0.6) is 0 Å². The molecule has 138 valence electrons. The van der Waals surface area contributed by atoms with Crippen molar-refractivity contribution in [2.45, 2.75) is 39.2 Å². The molecular weight excluding hydrogens is 332 g/mol. The van der Waals surface area contributed by atoms with Gasteiger partial charge >= 0.3 is 0 Å². The Morgan fingerprint density at radius 1 is 1.27 bits per heavy atom. The van der Waals surface area contributed by atoms with Crippen molar-refractivity contribution in [1.29, 1.82) is 0 Å². The first-order valence-electron chi connectivity index (χ1n) is 9.08. The molecule has 2 aromatic heterocycles. The van der Waals surface area contributed by atoms with Gasteiger partial charge in [0, 0.05) is 37.5 Å². The molecular formula is C18H24N6O2. The minimum Gasteiger partial charge on any atom is -0.348 e. The standard InChI is InChI=1S/C18H24N6O2/c1-10-4-5-13-12(8-10)15(22-21-13)17(26)24-7-6-11-14(9-24)19-18(23(2)3)20-16(11)25/h10H,4-9H2,1-3H3,(H,21,22)(H,19,20,25)/t10-/m1/s1. The fourth-order valence-electron chi connectivity index (χ4n) is 3.81. The quantitative estimate of drug-likeness (QED) is 0.832. The molecule has 0 radical (unpaired) electrons. The van der Waals surface area contributed by atoms with E-state index in [1.165, 1.54) is 0 Å². The Morgan fingerprint density at radius 3 is 2.85 bits per heavy atom. The van der Waals surface area contributed by atoms with E-state index in [1.807, 2.05) is 14.1 Å². The zero-order valence-corrected chi connectivity index (χ0v) is 15.4. The Labute approximate surface area is 151 Å². The number of nitrogens with one attached hydrogen (secondary N) is 2. The van der Waals surface area contributed by atoms with Crippen LogP contribution in [0.15, 0.2) is 4.79 Å². The average Bonchev–Trinajstić information content (AvgIpc) is 3.03. The zero-order valence-electron chi connectivity index (χ0n) is 15.4.